The molecule has 4 rings (SSSR count). The Balaban J connectivity index is 1.71. The first-order chi connectivity index (χ1) is 14.5. The third kappa shape index (κ3) is 4.26. The number of benzene rings is 1. The fourth-order valence-corrected chi connectivity index (χ4v) is 4.25. The minimum atomic E-state index is -0.509. The number of nitrogens with one attached hydrogen (secondary N) is 1. The number of rotatable bonds is 7. The Morgan fingerprint density at radius 3 is 2.60 bits per heavy atom. The fourth-order valence-electron chi connectivity index (χ4n) is 4.25. The molecule has 5 nitrogen and oxygen atoms in total. The largest absolute Gasteiger partial charge is 0.393 e. The van der Waals surface area contributed by atoms with Gasteiger partial charge in [-0.15, -0.1) is 0 Å². The molecule has 0 radical (unpaired) electrons. The standard InChI is InChI=1S/C25H26N2O3/c1-16(28)7-8-22(29)19-14-21-24(23(30)15-19)20(13-17-5-3-2-4-6-17)25(27-21)18-9-11-26-12-10-18/h2-6,9-12,16,19,27-28H,7-8,13-15H2,1H3/t16-,19?/m0/s1. The lowest BCUT2D eigenvalue weighted by atomic mass is 9.81. The van der Waals surface area contributed by atoms with Gasteiger partial charge in [0.25, 0.3) is 0 Å². The molecule has 0 amide bonds. The van der Waals surface area contributed by atoms with Crippen LogP contribution in [0, 0.1) is 5.92 Å². The SMILES string of the molecule is C[C@H](O)CCC(=O)C1CC(=O)c2c([nH]c(-c3ccncc3)c2Cc2ccccc2)C1. The van der Waals surface area contributed by atoms with Gasteiger partial charge in [-0.25, -0.2) is 0 Å². The molecule has 0 spiro atoms. The van der Waals surface area contributed by atoms with E-state index in [0.29, 0.717) is 25.7 Å². The number of nitrogens with zero attached hydrogens (tertiary/aromatic N) is 1. The average molecular weight is 402 g/mol. The van der Waals surface area contributed by atoms with Gasteiger partial charge in [-0.05, 0) is 43.0 Å². The second-order valence-electron chi connectivity index (χ2n) is 8.11. The van der Waals surface area contributed by atoms with Crippen LogP contribution in [0.1, 0.15) is 53.4 Å². The molecule has 2 heterocycles. The molecular weight excluding hydrogens is 376 g/mol. The van der Waals surface area contributed by atoms with Crippen LogP contribution in [-0.4, -0.2) is 32.7 Å². The molecule has 1 aromatic carbocycles. The molecule has 0 fully saturated rings. The molecule has 2 atom stereocenters. The van der Waals surface area contributed by atoms with Gasteiger partial charge in [0.2, 0.25) is 0 Å². The van der Waals surface area contributed by atoms with Gasteiger partial charge >= 0.3 is 0 Å². The fraction of sp³-hybridized carbons (Fsp3) is 0.320. The molecule has 5 heteroatoms. The maximum atomic E-state index is 13.2. The maximum Gasteiger partial charge on any atom is 0.165 e. The number of Topliss-reactive ketones (excluding diaryl/α,β-unsaturated/α-hetero) is 2. The molecule has 30 heavy (non-hydrogen) atoms. The number of aliphatic hydroxyl groups is 1. The number of ketones is 2. The van der Waals surface area contributed by atoms with Gasteiger partial charge in [-0.3, -0.25) is 14.6 Å². The second kappa shape index (κ2) is 8.76. The normalized spacial score (nSPS) is 16.9. The number of aliphatic hydroxyl groups excluding tert-OH is 1. The van der Waals surface area contributed by atoms with Gasteiger partial charge in [-0.2, -0.15) is 0 Å². The minimum Gasteiger partial charge on any atom is -0.393 e. The van der Waals surface area contributed by atoms with Gasteiger partial charge in [0.15, 0.2) is 5.78 Å². The summed E-state index contributed by atoms with van der Waals surface area (Å²) in [6, 6.07) is 14.0. The number of aromatic nitrogens is 2. The first-order valence-electron chi connectivity index (χ1n) is 10.4. The van der Waals surface area contributed by atoms with E-state index in [1.54, 1.807) is 19.3 Å². The predicted molar refractivity (Wildman–Crippen MR) is 115 cm³/mol. The van der Waals surface area contributed by atoms with Crippen LogP contribution in [0.5, 0.6) is 0 Å². The van der Waals surface area contributed by atoms with Gasteiger partial charge in [0.05, 0.1) is 11.8 Å². The Hall–Kier alpha value is -3.05. The van der Waals surface area contributed by atoms with E-state index in [1.165, 1.54) is 0 Å². The van der Waals surface area contributed by atoms with Crippen molar-refractivity contribution in [1.82, 2.24) is 9.97 Å². The molecule has 154 valence electrons. The molecule has 3 aromatic rings. The molecule has 1 unspecified atom stereocenters. The summed E-state index contributed by atoms with van der Waals surface area (Å²) in [6.45, 7) is 1.68. The zero-order valence-electron chi connectivity index (χ0n) is 17.1. The monoisotopic (exact) mass is 402 g/mol. The minimum absolute atomic E-state index is 0.0223. The third-order valence-electron chi connectivity index (χ3n) is 5.80. The summed E-state index contributed by atoms with van der Waals surface area (Å²) in [4.78, 5) is 33.4. The quantitative estimate of drug-likeness (QED) is 0.622. The molecule has 0 saturated carbocycles. The Labute approximate surface area is 176 Å². The van der Waals surface area contributed by atoms with Crippen LogP contribution in [0.25, 0.3) is 11.3 Å². The molecule has 2 N–H and O–H groups in total. The lowest BCUT2D eigenvalue weighted by molar-refractivity contribution is -0.123. The second-order valence-corrected chi connectivity index (χ2v) is 8.11. The smallest absolute Gasteiger partial charge is 0.165 e. The van der Waals surface area contributed by atoms with E-state index in [4.69, 9.17) is 0 Å². The number of hydrogen-bond acceptors (Lipinski definition) is 4. The Bertz CT molecular complexity index is 1040. The van der Waals surface area contributed by atoms with Crippen molar-refractivity contribution in [2.24, 2.45) is 5.92 Å². The van der Waals surface area contributed by atoms with Crippen LogP contribution in [0.2, 0.25) is 0 Å². The summed E-state index contributed by atoms with van der Waals surface area (Å²) in [5.74, 6) is -0.244. The van der Waals surface area contributed by atoms with Crippen LogP contribution >= 0.6 is 0 Å². The maximum absolute atomic E-state index is 13.2. The summed E-state index contributed by atoms with van der Waals surface area (Å²) in [7, 11) is 0. The highest BCUT2D eigenvalue weighted by Crippen LogP contribution is 2.36. The summed E-state index contributed by atoms with van der Waals surface area (Å²) in [5.41, 5.74) is 5.62. The van der Waals surface area contributed by atoms with Gasteiger partial charge in [0.1, 0.15) is 5.78 Å². The zero-order valence-corrected chi connectivity index (χ0v) is 17.1. The Kier molecular flexibility index (Phi) is 5.91. The lowest BCUT2D eigenvalue weighted by Crippen LogP contribution is -2.27. The third-order valence-corrected chi connectivity index (χ3v) is 5.80. The van der Waals surface area contributed by atoms with E-state index in [9.17, 15) is 14.7 Å². The van der Waals surface area contributed by atoms with Crippen molar-refractivity contribution in [1.29, 1.82) is 0 Å². The van der Waals surface area contributed by atoms with Gasteiger partial charge < -0.3 is 10.1 Å². The van der Waals surface area contributed by atoms with E-state index < -0.39 is 6.10 Å². The lowest BCUT2D eigenvalue weighted by Gasteiger charge is -2.21. The van der Waals surface area contributed by atoms with Crippen molar-refractivity contribution in [3.8, 4) is 11.3 Å². The molecule has 0 aliphatic heterocycles. The highest BCUT2D eigenvalue weighted by atomic mass is 16.3. The average Bonchev–Trinajstić information content (AvgIpc) is 3.12. The first kappa shape index (κ1) is 20.2. The molecule has 1 aliphatic carbocycles. The van der Waals surface area contributed by atoms with Crippen molar-refractivity contribution in [3.63, 3.8) is 0 Å². The molecular formula is C25H26N2O3. The molecule has 0 saturated heterocycles. The number of H-pyrrole nitrogens is 1. The zero-order chi connectivity index (χ0) is 21.1. The number of hydrogen-bond donors (Lipinski definition) is 2. The van der Waals surface area contributed by atoms with E-state index in [0.717, 1.165) is 33.6 Å². The van der Waals surface area contributed by atoms with Crippen molar-refractivity contribution in [2.75, 3.05) is 0 Å². The van der Waals surface area contributed by atoms with Crippen molar-refractivity contribution in [2.45, 2.75) is 45.1 Å². The summed E-state index contributed by atoms with van der Waals surface area (Å²) in [5, 5.41) is 9.48. The van der Waals surface area contributed by atoms with E-state index in [2.05, 4.69) is 22.1 Å². The summed E-state index contributed by atoms with van der Waals surface area (Å²) >= 11 is 0. The predicted octanol–water partition coefficient (Wildman–Crippen LogP) is 4.14. The van der Waals surface area contributed by atoms with Crippen LogP contribution in [-0.2, 0) is 17.6 Å². The van der Waals surface area contributed by atoms with Crippen LogP contribution < -0.4 is 0 Å². The van der Waals surface area contributed by atoms with Crippen molar-refractivity contribution < 1.29 is 14.7 Å². The number of pyridine rings is 1. The van der Waals surface area contributed by atoms with E-state index in [-0.39, 0.29) is 23.9 Å². The summed E-state index contributed by atoms with van der Waals surface area (Å²) < 4.78 is 0. The Morgan fingerprint density at radius 2 is 1.90 bits per heavy atom. The number of aromatic amines is 1. The van der Waals surface area contributed by atoms with E-state index in [1.807, 2.05) is 30.3 Å². The highest BCUT2D eigenvalue weighted by Gasteiger charge is 2.34. The van der Waals surface area contributed by atoms with Gasteiger partial charge in [-0.1, -0.05) is 30.3 Å². The molecule has 1 aliphatic rings. The number of carbonyl (C=O) groups is 2. The number of fused-ring (bicyclic) bond motifs is 1. The highest BCUT2D eigenvalue weighted by molar-refractivity contribution is 6.04. The Morgan fingerprint density at radius 1 is 1.17 bits per heavy atom. The van der Waals surface area contributed by atoms with E-state index >= 15 is 0 Å². The molecule has 2 aromatic heterocycles. The summed E-state index contributed by atoms with van der Waals surface area (Å²) in [6.07, 6.45) is 5.13. The number of carbonyl (C=O) groups excluding carboxylic acids is 2. The van der Waals surface area contributed by atoms with Gasteiger partial charge in [0, 0.05) is 54.4 Å². The van der Waals surface area contributed by atoms with Crippen LogP contribution in [0.15, 0.2) is 54.9 Å². The molecule has 0 bridgehead atoms. The van der Waals surface area contributed by atoms with Crippen LogP contribution in [0.4, 0.5) is 0 Å². The van der Waals surface area contributed by atoms with Crippen molar-refractivity contribution >= 4 is 11.6 Å². The van der Waals surface area contributed by atoms with Crippen molar-refractivity contribution in [3.05, 3.63) is 77.2 Å². The topological polar surface area (TPSA) is 83.0 Å². The van der Waals surface area contributed by atoms with Crippen LogP contribution in [0.3, 0.4) is 0 Å². The first-order valence-corrected chi connectivity index (χ1v) is 10.4.